The molecule has 0 aliphatic carbocycles. The summed E-state index contributed by atoms with van der Waals surface area (Å²) in [4.78, 5) is 30.9. The molecule has 2 aromatic rings. The van der Waals surface area contributed by atoms with Crippen molar-refractivity contribution in [3.8, 4) is 11.5 Å². The van der Waals surface area contributed by atoms with Crippen molar-refractivity contribution in [2.45, 2.75) is 12.5 Å². The molecule has 1 aromatic carbocycles. The SMILES string of the molecule is COc1cccc([C@@H]2C(C(=O)c3cccs3)=C(O)C(=O)N2CCCN2CCOCC2)c1OC. The van der Waals surface area contributed by atoms with Gasteiger partial charge in [0.05, 0.1) is 43.9 Å². The molecule has 176 valence electrons. The first-order valence-corrected chi connectivity index (χ1v) is 11.8. The van der Waals surface area contributed by atoms with Crippen LogP contribution in [0.4, 0.5) is 0 Å². The molecule has 1 atom stereocenters. The number of para-hydroxylation sites is 1. The summed E-state index contributed by atoms with van der Waals surface area (Å²) in [6.45, 7) is 4.29. The summed E-state index contributed by atoms with van der Waals surface area (Å²) in [5, 5.41) is 12.6. The highest BCUT2D eigenvalue weighted by Gasteiger charge is 2.45. The molecule has 3 heterocycles. The molecule has 8 nitrogen and oxygen atoms in total. The first-order valence-electron chi connectivity index (χ1n) is 10.9. The third-order valence-electron chi connectivity index (χ3n) is 6.00. The van der Waals surface area contributed by atoms with Gasteiger partial charge in [-0.25, -0.2) is 0 Å². The number of nitrogens with zero attached hydrogens (tertiary/aromatic N) is 2. The number of hydrogen-bond acceptors (Lipinski definition) is 8. The predicted octanol–water partition coefficient (Wildman–Crippen LogP) is 3.07. The Kier molecular flexibility index (Phi) is 7.32. The van der Waals surface area contributed by atoms with Gasteiger partial charge in [-0.3, -0.25) is 14.5 Å². The summed E-state index contributed by atoms with van der Waals surface area (Å²) in [6.07, 6.45) is 0.697. The van der Waals surface area contributed by atoms with Gasteiger partial charge < -0.3 is 24.2 Å². The Labute approximate surface area is 197 Å². The van der Waals surface area contributed by atoms with Crippen LogP contribution in [0.1, 0.15) is 27.7 Å². The molecule has 1 amide bonds. The van der Waals surface area contributed by atoms with Crippen LogP contribution in [0.5, 0.6) is 11.5 Å². The fourth-order valence-electron chi connectivity index (χ4n) is 4.40. The van der Waals surface area contributed by atoms with Gasteiger partial charge in [-0.1, -0.05) is 18.2 Å². The molecule has 0 saturated carbocycles. The van der Waals surface area contributed by atoms with E-state index < -0.39 is 17.7 Å². The van der Waals surface area contributed by atoms with Gasteiger partial charge in [0, 0.05) is 31.7 Å². The second-order valence-corrected chi connectivity index (χ2v) is 8.81. The molecule has 2 aliphatic heterocycles. The summed E-state index contributed by atoms with van der Waals surface area (Å²) >= 11 is 1.27. The fraction of sp³-hybridized carbons (Fsp3) is 0.417. The first-order chi connectivity index (χ1) is 16.1. The number of ether oxygens (including phenoxy) is 3. The Balaban J connectivity index is 1.68. The number of amides is 1. The Morgan fingerprint density at radius 1 is 1.15 bits per heavy atom. The molecule has 2 aliphatic rings. The number of carbonyl (C=O) groups excluding carboxylic acids is 2. The van der Waals surface area contributed by atoms with E-state index in [9.17, 15) is 14.7 Å². The lowest BCUT2D eigenvalue weighted by molar-refractivity contribution is -0.129. The van der Waals surface area contributed by atoms with E-state index in [0.29, 0.717) is 48.1 Å². The van der Waals surface area contributed by atoms with Crippen molar-refractivity contribution in [3.05, 3.63) is 57.5 Å². The summed E-state index contributed by atoms with van der Waals surface area (Å²) in [6, 6.07) is 8.03. The van der Waals surface area contributed by atoms with Crippen molar-refractivity contribution in [1.29, 1.82) is 0 Å². The zero-order valence-corrected chi connectivity index (χ0v) is 19.6. The average molecular weight is 473 g/mol. The van der Waals surface area contributed by atoms with E-state index in [1.165, 1.54) is 25.6 Å². The quantitative estimate of drug-likeness (QED) is 0.561. The zero-order chi connectivity index (χ0) is 23.4. The van der Waals surface area contributed by atoms with Crippen LogP contribution in [0, 0.1) is 0 Å². The second-order valence-electron chi connectivity index (χ2n) is 7.86. The molecule has 0 radical (unpaired) electrons. The molecule has 4 rings (SSSR count). The van der Waals surface area contributed by atoms with Gasteiger partial charge in [0.15, 0.2) is 17.3 Å². The molecule has 9 heteroatoms. The number of morpholine rings is 1. The standard InChI is InChI=1S/C24H28N2O6S/c1-30-17-7-3-6-16(23(17)31-2)20-19(21(27)18-8-4-15-33-18)22(28)24(29)26(20)10-5-9-25-11-13-32-14-12-25/h3-4,6-8,15,20,28H,5,9-14H2,1-2H3/t20-/m1/s1. The number of carbonyl (C=O) groups is 2. The topological polar surface area (TPSA) is 88.5 Å². The number of ketones is 1. The summed E-state index contributed by atoms with van der Waals surface area (Å²) < 4.78 is 16.5. The maximum absolute atomic E-state index is 13.4. The predicted molar refractivity (Wildman–Crippen MR) is 124 cm³/mol. The normalized spacial score (nSPS) is 19.3. The molecule has 1 N–H and O–H groups in total. The number of thiophene rings is 1. The number of aliphatic hydroxyl groups is 1. The smallest absolute Gasteiger partial charge is 0.290 e. The van der Waals surface area contributed by atoms with Crippen molar-refractivity contribution < 1.29 is 28.9 Å². The minimum Gasteiger partial charge on any atom is -0.503 e. The van der Waals surface area contributed by atoms with Crippen molar-refractivity contribution in [2.75, 3.05) is 53.6 Å². The van der Waals surface area contributed by atoms with Gasteiger partial charge in [-0.2, -0.15) is 0 Å². The Morgan fingerprint density at radius 3 is 2.61 bits per heavy atom. The van der Waals surface area contributed by atoms with Crippen LogP contribution < -0.4 is 9.47 Å². The van der Waals surface area contributed by atoms with Crippen molar-refractivity contribution in [3.63, 3.8) is 0 Å². The monoisotopic (exact) mass is 472 g/mol. The number of methoxy groups -OCH3 is 2. The van der Waals surface area contributed by atoms with Crippen LogP contribution in [0.25, 0.3) is 0 Å². The number of rotatable bonds is 9. The lowest BCUT2D eigenvalue weighted by Crippen LogP contribution is -2.39. The van der Waals surface area contributed by atoms with Gasteiger partial charge in [-0.05, 0) is 23.9 Å². The van der Waals surface area contributed by atoms with Gasteiger partial charge >= 0.3 is 0 Å². The molecule has 0 spiro atoms. The molecular weight excluding hydrogens is 444 g/mol. The number of benzene rings is 1. The largest absolute Gasteiger partial charge is 0.503 e. The van der Waals surface area contributed by atoms with Crippen LogP contribution in [0.3, 0.4) is 0 Å². The molecule has 0 bridgehead atoms. The van der Waals surface area contributed by atoms with Crippen LogP contribution in [-0.4, -0.2) is 80.2 Å². The van der Waals surface area contributed by atoms with Crippen LogP contribution in [0.15, 0.2) is 47.0 Å². The Morgan fingerprint density at radius 2 is 1.94 bits per heavy atom. The average Bonchev–Trinajstić information content (AvgIpc) is 3.47. The van der Waals surface area contributed by atoms with E-state index in [4.69, 9.17) is 14.2 Å². The maximum Gasteiger partial charge on any atom is 0.290 e. The number of Topliss-reactive ketones (excluding diaryl/α,β-unsaturated/α-hetero) is 1. The Hall–Kier alpha value is -2.88. The van der Waals surface area contributed by atoms with E-state index >= 15 is 0 Å². The lowest BCUT2D eigenvalue weighted by Gasteiger charge is -2.30. The Bertz CT molecular complexity index is 1030. The highest BCUT2D eigenvalue weighted by Crippen LogP contribution is 2.45. The summed E-state index contributed by atoms with van der Waals surface area (Å²) in [5.74, 6) is -0.491. The third-order valence-corrected chi connectivity index (χ3v) is 6.87. The van der Waals surface area contributed by atoms with Crippen molar-refractivity contribution in [1.82, 2.24) is 9.80 Å². The second kappa shape index (κ2) is 10.4. The molecular formula is C24H28N2O6S. The fourth-order valence-corrected chi connectivity index (χ4v) is 5.07. The highest BCUT2D eigenvalue weighted by atomic mass is 32.1. The highest BCUT2D eigenvalue weighted by molar-refractivity contribution is 7.12. The van der Waals surface area contributed by atoms with Gasteiger partial charge in [0.25, 0.3) is 5.91 Å². The molecule has 1 saturated heterocycles. The zero-order valence-electron chi connectivity index (χ0n) is 18.8. The molecule has 33 heavy (non-hydrogen) atoms. The first kappa shape index (κ1) is 23.3. The van der Waals surface area contributed by atoms with E-state index in [2.05, 4.69) is 4.90 Å². The maximum atomic E-state index is 13.4. The summed E-state index contributed by atoms with van der Waals surface area (Å²) in [5.41, 5.74) is 0.668. The lowest BCUT2D eigenvalue weighted by atomic mass is 9.94. The van der Waals surface area contributed by atoms with E-state index in [1.807, 2.05) is 0 Å². The van der Waals surface area contributed by atoms with E-state index in [0.717, 1.165) is 19.6 Å². The summed E-state index contributed by atoms with van der Waals surface area (Å²) in [7, 11) is 3.05. The third kappa shape index (κ3) is 4.62. The molecule has 0 unspecified atom stereocenters. The molecule has 1 fully saturated rings. The minimum atomic E-state index is -0.776. The number of aliphatic hydroxyl groups excluding tert-OH is 1. The van der Waals surface area contributed by atoms with Gasteiger partial charge in [-0.15, -0.1) is 11.3 Å². The molecule has 1 aromatic heterocycles. The van der Waals surface area contributed by atoms with Crippen molar-refractivity contribution in [2.24, 2.45) is 0 Å². The van der Waals surface area contributed by atoms with E-state index in [1.54, 1.807) is 40.6 Å². The van der Waals surface area contributed by atoms with Crippen LogP contribution in [0.2, 0.25) is 0 Å². The van der Waals surface area contributed by atoms with Crippen molar-refractivity contribution >= 4 is 23.0 Å². The van der Waals surface area contributed by atoms with E-state index in [-0.39, 0.29) is 11.4 Å². The van der Waals surface area contributed by atoms with Gasteiger partial charge in [0.2, 0.25) is 5.78 Å². The number of hydrogen-bond donors (Lipinski definition) is 1. The van der Waals surface area contributed by atoms with Crippen LogP contribution in [-0.2, 0) is 9.53 Å². The van der Waals surface area contributed by atoms with Gasteiger partial charge in [0.1, 0.15) is 0 Å². The van der Waals surface area contributed by atoms with Crippen LogP contribution >= 0.6 is 11.3 Å². The minimum absolute atomic E-state index is 0.0698.